The van der Waals surface area contributed by atoms with Crippen LogP contribution >= 0.6 is 0 Å². The number of pyridine rings is 1. The van der Waals surface area contributed by atoms with E-state index in [4.69, 9.17) is 4.74 Å². The summed E-state index contributed by atoms with van der Waals surface area (Å²) in [5, 5.41) is 2.78. The van der Waals surface area contributed by atoms with Crippen LogP contribution in [0.15, 0.2) is 18.3 Å². The van der Waals surface area contributed by atoms with Crippen molar-refractivity contribution in [2.45, 2.75) is 41.2 Å². The molecule has 0 aliphatic carbocycles. The second kappa shape index (κ2) is 7.20. The molecule has 1 unspecified atom stereocenters. The molecule has 0 saturated carbocycles. The number of hydrogen-bond acceptors (Lipinski definition) is 4. The molecule has 1 heterocycles. The zero-order valence-corrected chi connectivity index (χ0v) is 13.4. The Kier molecular flexibility index (Phi) is 5.88. The van der Waals surface area contributed by atoms with Crippen LogP contribution in [0.5, 0.6) is 0 Å². The summed E-state index contributed by atoms with van der Waals surface area (Å²) in [6.45, 7) is 9.77. The van der Waals surface area contributed by atoms with Crippen molar-refractivity contribution in [3.8, 4) is 0 Å². The fourth-order valence-electron chi connectivity index (χ4n) is 2.06. The number of hydrogen-bond donors (Lipinski definition) is 1. The Morgan fingerprint density at radius 2 is 2.05 bits per heavy atom. The minimum Gasteiger partial charge on any atom is -0.465 e. The quantitative estimate of drug-likeness (QED) is 0.667. The first-order chi connectivity index (χ1) is 9.77. The van der Waals surface area contributed by atoms with Gasteiger partial charge in [-0.05, 0) is 30.9 Å². The average Bonchev–Trinajstić information content (AvgIpc) is 2.36. The van der Waals surface area contributed by atoms with Crippen LogP contribution in [-0.2, 0) is 20.9 Å². The SMILES string of the molecule is CCOC(=O)C(C(=O)NCc1ncccc1C)C(C)(C)C. The normalized spacial score (nSPS) is 12.6. The summed E-state index contributed by atoms with van der Waals surface area (Å²) >= 11 is 0. The summed E-state index contributed by atoms with van der Waals surface area (Å²) in [6, 6.07) is 3.78. The highest BCUT2D eigenvalue weighted by atomic mass is 16.5. The number of aryl methyl sites for hydroxylation is 1. The smallest absolute Gasteiger partial charge is 0.319 e. The molecular weight excluding hydrogens is 268 g/mol. The van der Waals surface area contributed by atoms with Gasteiger partial charge in [0.05, 0.1) is 18.8 Å². The zero-order valence-electron chi connectivity index (χ0n) is 13.4. The van der Waals surface area contributed by atoms with Crippen LogP contribution < -0.4 is 5.32 Å². The maximum Gasteiger partial charge on any atom is 0.319 e. The monoisotopic (exact) mass is 292 g/mol. The summed E-state index contributed by atoms with van der Waals surface area (Å²) in [5.74, 6) is -1.65. The summed E-state index contributed by atoms with van der Waals surface area (Å²) in [4.78, 5) is 28.6. The van der Waals surface area contributed by atoms with Gasteiger partial charge in [-0.15, -0.1) is 0 Å². The van der Waals surface area contributed by atoms with Crippen molar-refractivity contribution >= 4 is 11.9 Å². The first kappa shape index (κ1) is 17.1. The van der Waals surface area contributed by atoms with Crippen molar-refractivity contribution < 1.29 is 14.3 Å². The van der Waals surface area contributed by atoms with Gasteiger partial charge >= 0.3 is 5.97 Å². The summed E-state index contributed by atoms with van der Waals surface area (Å²) < 4.78 is 5.01. The molecular formula is C16H24N2O3. The minimum atomic E-state index is -0.832. The average molecular weight is 292 g/mol. The van der Waals surface area contributed by atoms with Crippen LogP contribution in [0.4, 0.5) is 0 Å². The first-order valence-electron chi connectivity index (χ1n) is 7.12. The Bertz CT molecular complexity index is 506. The number of esters is 1. The molecule has 116 valence electrons. The van der Waals surface area contributed by atoms with Gasteiger partial charge in [0.15, 0.2) is 0 Å². The third-order valence-electron chi connectivity index (χ3n) is 3.20. The van der Waals surface area contributed by atoms with E-state index >= 15 is 0 Å². The fraction of sp³-hybridized carbons (Fsp3) is 0.562. The third kappa shape index (κ3) is 4.85. The Morgan fingerprint density at radius 1 is 1.38 bits per heavy atom. The van der Waals surface area contributed by atoms with Gasteiger partial charge in [0.25, 0.3) is 0 Å². The molecule has 0 aliphatic heterocycles. The number of ether oxygens (including phenoxy) is 1. The highest BCUT2D eigenvalue weighted by molar-refractivity contribution is 5.98. The van der Waals surface area contributed by atoms with Crippen LogP contribution in [0.3, 0.4) is 0 Å². The highest BCUT2D eigenvalue weighted by Crippen LogP contribution is 2.27. The molecule has 1 aromatic heterocycles. The van der Waals surface area contributed by atoms with Gasteiger partial charge in [-0.25, -0.2) is 0 Å². The molecule has 21 heavy (non-hydrogen) atoms. The number of carbonyl (C=O) groups is 2. The molecule has 1 rings (SSSR count). The summed E-state index contributed by atoms with van der Waals surface area (Å²) in [7, 11) is 0. The second-order valence-corrected chi connectivity index (χ2v) is 6.04. The second-order valence-electron chi connectivity index (χ2n) is 6.04. The molecule has 0 bridgehead atoms. The maximum absolute atomic E-state index is 12.4. The zero-order chi connectivity index (χ0) is 16.0. The lowest BCUT2D eigenvalue weighted by Crippen LogP contribution is -2.43. The Morgan fingerprint density at radius 3 is 2.57 bits per heavy atom. The number of nitrogens with zero attached hydrogens (tertiary/aromatic N) is 1. The van der Waals surface area contributed by atoms with Gasteiger partial charge in [0.2, 0.25) is 5.91 Å². The Labute approximate surface area is 126 Å². The molecule has 0 saturated heterocycles. The van der Waals surface area contributed by atoms with E-state index in [0.717, 1.165) is 11.3 Å². The lowest BCUT2D eigenvalue weighted by Gasteiger charge is -2.27. The van der Waals surface area contributed by atoms with E-state index in [1.165, 1.54) is 0 Å². The first-order valence-corrected chi connectivity index (χ1v) is 7.12. The van der Waals surface area contributed by atoms with Gasteiger partial charge in [-0.3, -0.25) is 14.6 Å². The van der Waals surface area contributed by atoms with Crippen LogP contribution in [0, 0.1) is 18.3 Å². The van der Waals surface area contributed by atoms with Gasteiger partial charge < -0.3 is 10.1 Å². The van der Waals surface area contributed by atoms with E-state index in [-0.39, 0.29) is 12.5 Å². The molecule has 0 spiro atoms. The van der Waals surface area contributed by atoms with E-state index in [1.54, 1.807) is 13.1 Å². The van der Waals surface area contributed by atoms with Crippen molar-refractivity contribution in [1.29, 1.82) is 0 Å². The van der Waals surface area contributed by atoms with E-state index in [0.29, 0.717) is 6.54 Å². The number of amides is 1. The van der Waals surface area contributed by atoms with Crippen LogP contribution in [0.1, 0.15) is 39.0 Å². The molecule has 5 nitrogen and oxygen atoms in total. The summed E-state index contributed by atoms with van der Waals surface area (Å²) in [5.41, 5.74) is 1.29. The molecule has 0 aliphatic rings. The van der Waals surface area contributed by atoms with Gasteiger partial charge in [0, 0.05) is 6.20 Å². The van der Waals surface area contributed by atoms with Crippen molar-refractivity contribution in [2.24, 2.45) is 11.3 Å². The lowest BCUT2D eigenvalue weighted by atomic mass is 9.80. The topological polar surface area (TPSA) is 68.3 Å². The van der Waals surface area contributed by atoms with Crippen LogP contribution in [0.25, 0.3) is 0 Å². The van der Waals surface area contributed by atoms with E-state index < -0.39 is 17.3 Å². The predicted octanol–water partition coefficient (Wildman–Crippen LogP) is 2.23. The van der Waals surface area contributed by atoms with E-state index in [2.05, 4.69) is 10.3 Å². The molecule has 1 aromatic rings. The largest absolute Gasteiger partial charge is 0.465 e. The molecule has 1 amide bonds. The molecule has 5 heteroatoms. The van der Waals surface area contributed by atoms with Crippen molar-refractivity contribution in [3.63, 3.8) is 0 Å². The van der Waals surface area contributed by atoms with Crippen molar-refractivity contribution in [1.82, 2.24) is 10.3 Å². The summed E-state index contributed by atoms with van der Waals surface area (Å²) in [6.07, 6.45) is 1.68. The van der Waals surface area contributed by atoms with Crippen LogP contribution in [0.2, 0.25) is 0 Å². The maximum atomic E-state index is 12.4. The fourth-order valence-corrected chi connectivity index (χ4v) is 2.06. The third-order valence-corrected chi connectivity index (χ3v) is 3.20. The highest BCUT2D eigenvalue weighted by Gasteiger charge is 2.38. The Balaban J connectivity index is 2.78. The van der Waals surface area contributed by atoms with E-state index in [9.17, 15) is 9.59 Å². The predicted molar refractivity (Wildman–Crippen MR) is 80.4 cm³/mol. The van der Waals surface area contributed by atoms with Crippen molar-refractivity contribution in [2.75, 3.05) is 6.61 Å². The molecule has 0 radical (unpaired) electrons. The van der Waals surface area contributed by atoms with Gasteiger partial charge in [0.1, 0.15) is 5.92 Å². The standard InChI is InChI=1S/C16H24N2O3/c1-6-21-15(20)13(16(3,4)5)14(19)18-10-12-11(2)8-7-9-17-12/h7-9,13H,6,10H2,1-5H3,(H,18,19). The lowest BCUT2D eigenvalue weighted by molar-refractivity contribution is -0.156. The van der Waals surface area contributed by atoms with Crippen LogP contribution in [-0.4, -0.2) is 23.5 Å². The number of rotatable bonds is 5. The Hall–Kier alpha value is -1.91. The van der Waals surface area contributed by atoms with Crippen molar-refractivity contribution in [3.05, 3.63) is 29.6 Å². The van der Waals surface area contributed by atoms with Gasteiger partial charge in [-0.2, -0.15) is 0 Å². The van der Waals surface area contributed by atoms with E-state index in [1.807, 2.05) is 39.8 Å². The minimum absolute atomic E-state index is 0.262. The molecule has 1 atom stereocenters. The molecule has 0 aromatic carbocycles. The van der Waals surface area contributed by atoms with Gasteiger partial charge in [-0.1, -0.05) is 26.8 Å². The molecule has 1 N–H and O–H groups in total. The number of carbonyl (C=O) groups excluding carboxylic acids is 2. The number of aromatic nitrogens is 1. The molecule has 0 fully saturated rings. The number of nitrogens with one attached hydrogen (secondary N) is 1.